The number of hydrogen-bond donors (Lipinski definition) is 0. The Labute approximate surface area is 170 Å². The minimum Gasteiger partial charge on any atom is -0.342 e. The molecule has 1 aliphatic carbocycles. The second kappa shape index (κ2) is 7.62. The van der Waals surface area contributed by atoms with Crippen LogP contribution in [-0.4, -0.2) is 33.4 Å². The van der Waals surface area contributed by atoms with Crippen molar-refractivity contribution in [3.63, 3.8) is 0 Å². The number of benzene rings is 2. The highest BCUT2D eigenvalue weighted by Crippen LogP contribution is 2.35. The fourth-order valence-electron chi connectivity index (χ4n) is 5.00. The molecule has 0 atom stereocenters. The highest BCUT2D eigenvalue weighted by molar-refractivity contribution is 5.81. The molecule has 3 aromatic rings. The summed E-state index contributed by atoms with van der Waals surface area (Å²) in [6.07, 6.45) is 6.20. The summed E-state index contributed by atoms with van der Waals surface area (Å²) in [4.78, 5) is 19.7. The Morgan fingerprint density at radius 1 is 0.966 bits per heavy atom. The molecule has 1 amide bonds. The normalized spacial score (nSPS) is 18.6. The number of aromatic nitrogens is 2. The standard InChI is InChI=1S/C24H26FN3O/c25-19-10-11-21-22(16-19)28(23(26-21)17-6-2-1-3-7-17)20-12-14-27(15-13-20)24(29)18-8-4-5-9-18/h1-3,6-7,10-11,16,18,20H,4-5,8-9,12-15H2. The lowest BCUT2D eigenvalue weighted by Gasteiger charge is -2.35. The molecular formula is C24H26FN3O. The SMILES string of the molecule is O=C(C1CCCC1)N1CCC(n2c(-c3ccccc3)nc3ccc(F)cc32)CC1. The maximum Gasteiger partial charge on any atom is 0.225 e. The molecule has 1 saturated heterocycles. The van der Waals surface area contributed by atoms with Crippen LogP contribution in [0.3, 0.4) is 0 Å². The van der Waals surface area contributed by atoms with E-state index in [1.165, 1.54) is 18.9 Å². The minimum atomic E-state index is -0.243. The Hall–Kier alpha value is -2.69. The van der Waals surface area contributed by atoms with Gasteiger partial charge in [-0.25, -0.2) is 9.37 Å². The molecule has 0 spiro atoms. The van der Waals surface area contributed by atoms with Gasteiger partial charge in [0.25, 0.3) is 0 Å². The number of likely N-dealkylation sites (tertiary alicyclic amines) is 1. The first-order chi connectivity index (χ1) is 14.2. The summed E-state index contributed by atoms with van der Waals surface area (Å²) in [5.74, 6) is 1.21. The zero-order valence-corrected chi connectivity index (χ0v) is 16.6. The molecule has 1 saturated carbocycles. The topological polar surface area (TPSA) is 38.1 Å². The third kappa shape index (κ3) is 3.43. The van der Waals surface area contributed by atoms with Gasteiger partial charge >= 0.3 is 0 Å². The van der Waals surface area contributed by atoms with Gasteiger partial charge in [-0.2, -0.15) is 0 Å². The lowest BCUT2D eigenvalue weighted by molar-refractivity contribution is -0.136. The van der Waals surface area contributed by atoms with Crippen molar-refractivity contribution in [2.75, 3.05) is 13.1 Å². The average molecular weight is 391 g/mol. The van der Waals surface area contributed by atoms with Crippen molar-refractivity contribution in [2.45, 2.75) is 44.6 Å². The van der Waals surface area contributed by atoms with Gasteiger partial charge < -0.3 is 9.47 Å². The van der Waals surface area contributed by atoms with E-state index in [0.29, 0.717) is 5.91 Å². The van der Waals surface area contributed by atoms with Crippen LogP contribution < -0.4 is 0 Å². The monoisotopic (exact) mass is 391 g/mol. The van der Waals surface area contributed by atoms with Gasteiger partial charge in [0.15, 0.2) is 0 Å². The second-order valence-electron chi connectivity index (χ2n) is 8.34. The highest BCUT2D eigenvalue weighted by Gasteiger charge is 2.31. The summed E-state index contributed by atoms with van der Waals surface area (Å²) in [5, 5.41) is 0. The number of rotatable bonds is 3. The zero-order chi connectivity index (χ0) is 19.8. The lowest BCUT2D eigenvalue weighted by Crippen LogP contribution is -2.41. The van der Waals surface area contributed by atoms with E-state index in [0.717, 1.165) is 61.2 Å². The molecule has 5 heteroatoms. The molecule has 2 aliphatic rings. The molecule has 2 heterocycles. The molecule has 5 rings (SSSR count). The summed E-state index contributed by atoms with van der Waals surface area (Å²) in [7, 11) is 0. The van der Waals surface area contributed by atoms with Gasteiger partial charge in [-0.1, -0.05) is 43.2 Å². The van der Waals surface area contributed by atoms with Crippen LogP contribution in [0.2, 0.25) is 0 Å². The third-order valence-electron chi connectivity index (χ3n) is 6.53. The largest absolute Gasteiger partial charge is 0.342 e. The lowest BCUT2D eigenvalue weighted by atomic mass is 10.00. The predicted molar refractivity (Wildman–Crippen MR) is 112 cm³/mol. The van der Waals surface area contributed by atoms with Crippen LogP contribution in [0, 0.1) is 11.7 Å². The Balaban J connectivity index is 1.45. The fourth-order valence-corrected chi connectivity index (χ4v) is 5.00. The van der Waals surface area contributed by atoms with Gasteiger partial charge in [-0.15, -0.1) is 0 Å². The van der Waals surface area contributed by atoms with Crippen molar-refractivity contribution < 1.29 is 9.18 Å². The number of piperidine rings is 1. The number of fused-ring (bicyclic) bond motifs is 1. The Morgan fingerprint density at radius 2 is 1.69 bits per heavy atom. The van der Waals surface area contributed by atoms with Crippen molar-refractivity contribution >= 4 is 16.9 Å². The quantitative estimate of drug-likeness (QED) is 0.616. The number of nitrogens with zero attached hydrogens (tertiary/aromatic N) is 3. The Morgan fingerprint density at radius 3 is 2.41 bits per heavy atom. The van der Waals surface area contributed by atoms with Gasteiger partial charge in [-0.3, -0.25) is 4.79 Å². The van der Waals surface area contributed by atoms with Crippen LogP contribution >= 0.6 is 0 Å². The molecule has 0 N–H and O–H groups in total. The number of halogens is 1. The first kappa shape index (κ1) is 18.3. The summed E-state index contributed by atoms with van der Waals surface area (Å²) in [6.45, 7) is 1.53. The number of carbonyl (C=O) groups is 1. The van der Waals surface area contributed by atoms with Gasteiger partial charge in [0.2, 0.25) is 5.91 Å². The van der Waals surface area contributed by atoms with Crippen molar-refractivity contribution in [1.82, 2.24) is 14.5 Å². The van der Waals surface area contributed by atoms with E-state index in [4.69, 9.17) is 4.98 Å². The Bertz CT molecular complexity index is 1020. The summed E-state index contributed by atoms with van der Waals surface area (Å²) >= 11 is 0. The zero-order valence-electron chi connectivity index (χ0n) is 16.6. The van der Waals surface area contributed by atoms with Crippen molar-refractivity contribution in [3.8, 4) is 11.4 Å². The van der Waals surface area contributed by atoms with E-state index < -0.39 is 0 Å². The Kier molecular flexibility index (Phi) is 4.82. The molecule has 1 aliphatic heterocycles. The van der Waals surface area contributed by atoms with Crippen molar-refractivity contribution in [1.29, 1.82) is 0 Å². The molecule has 4 nitrogen and oxygen atoms in total. The van der Waals surface area contributed by atoms with Crippen molar-refractivity contribution in [2.24, 2.45) is 5.92 Å². The van der Waals surface area contributed by atoms with Gasteiger partial charge in [0.1, 0.15) is 11.6 Å². The van der Waals surface area contributed by atoms with E-state index in [2.05, 4.69) is 4.57 Å². The van der Waals surface area contributed by atoms with E-state index in [-0.39, 0.29) is 17.8 Å². The smallest absolute Gasteiger partial charge is 0.225 e. The van der Waals surface area contributed by atoms with Crippen LogP contribution in [0.15, 0.2) is 48.5 Å². The fraction of sp³-hybridized carbons (Fsp3) is 0.417. The average Bonchev–Trinajstić information content (AvgIpc) is 3.42. The molecule has 0 bridgehead atoms. The van der Waals surface area contributed by atoms with Crippen LogP contribution in [0.5, 0.6) is 0 Å². The van der Waals surface area contributed by atoms with Crippen LogP contribution in [-0.2, 0) is 4.79 Å². The molecule has 1 aromatic heterocycles. The number of imidazole rings is 1. The summed E-state index contributed by atoms with van der Waals surface area (Å²) in [6, 6.07) is 15.1. The molecule has 2 fully saturated rings. The number of carbonyl (C=O) groups excluding carboxylic acids is 1. The summed E-state index contributed by atoms with van der Waals surface area (Å²) in [5.41, 5.74) is 2.69. The first-order valence-corrected chi connectivity index (χ1v) is 10.7. The van der Waals surface area contributed by atoms with E-state index in [1.807, 2.05) is 35.2 Å². The van der Waals surface area contributed by atoms with E-state index in [9.17, 15) is 9.18 Å². The molecule has 0 unspecified atom stereocenters. The van der Waals surface area contributed by atoms with Crippen LogP contribution in [0.25, 0.3) is 22.4 Å². The van der Waals surface area contributed by atoms with Crippen LogP contribution in [0.4, 0.5) is 4.39 Å². The van der Waals surface area contributed by atoms with E-state index in [1.54, 1.807) is 12.1 Å². The number of hydrogen-bond acceptors (Lipinski definition) is 2. The summed E-state index contributed by atoms with van der Waals surface area (Å²) < 4.78 is 16.2. The maximum absolute atomic E-state index is 14.0. The molecular weight excluding hydrogens is 365 g/mol. The van der Waals surface area contributed by atoms with E-state index >= 15 is 0 Å². The molecule has 150 valence electrons. The second-order valence-corrected chi connectivity index (χ2v) is 8.34. The number of amides is 1. The minimum absolute atomic E-state index is 0.213. The third-order valence-corrected chi connectivity index (χ3v) is 6.53. The van der Waals surface area contributed by atoms with Crippen LogP contribution in [0.1, 0.15) is 44.6 Å². The first-order valence-electron chi connectivity index (χ1n) is 10.7. The van der Waals surface area contributed by atoms with Crippen molar-refractivity contribution in [3.05, 3.63) is 54.3 Å². The maximum atomic E-state index is 14.0. The molecule has 0 radical (unpaired) electrons. The van der Waals surface area contributed by atoms with Gasteiger partial charge in [0.05, 0.1) is 11.0 Å². The molecule has 2 aromatic carbocycles. The van der Waals surface area contributed by atoms with Gasteiger partial charge in [0, 0.05) is 30.6 Å². The highest BCUT2D eigenvalue weighted by atomic mass is 19.1. The predicted octanol–water partition coefficient (Wildman–Crippen LogP) is 5.20. The van der Waals surface area contributed by atoms with Gasteiger partial charge in [-0.05, 0) is 43.9 Å². The molecule has 29 heavy (non-hydrogen) atoms.